The molecule has 3 heterocycles. The van der Waals surface area contributed by atoms with Crippen LogP contribution in [0.1, 0.15) is 39.5 Å². The molecule has 1 N–H and O–H groups in total. The molecule has 0 aromatic heterocycles. The zero-order valence-electron chi connectivity index (χ0n) is 16.7. The molecule has 0 aromatic carbocycles. The van der Waals surface area contributed by atoms with E-state index in [1.165, 1.54) is 12.0 Å². The number of imide groups is 1. The summed E-state index contributed by atoms with van der Waals surface area (Å²) in [5, 5.41) is 2.99. The maximum Gasteiger partial charge on any atom is 0.325 e. The topological polar surface area (TPSA) is 82.2 Å². The number of likely N-dealkylation sites (tertiary alicyclic amines) is 2. The van der Waals surface area contributed by atoms with Gasteiger partial charge in [0, 0.05) is 39.8 Å². The van der Waals surface area contributed by atoms with Gasteiger partial charge in [0.25, 0.3) is 5.91 Å². The Labute approximate surface area is 161 Å². The van der Waals surface area contributed by atoms with Crippen LogP contribution in [0.15, 0.2) is 0 Å². The first-order valence-corrected chi connectivity index (χ1v) is 10.0. The highest BCUT2D eigenvalue weighted by atomic mass is 16.5. The van der Waals surface area contributed by atoms with E-state index in [2.05, 4.69) is 24.1 Å². The number of hydrogen-bond acceptors (Lipinski definition) is 5. The van der Waals surface area contributed by atoms with Crippen LogP contribution in [0.3, 0.4) is 0 Å². The van der Waals surface area contributed by atoms with Crippen LogP contribution < -0.4 is 5.32 Å². The van der Waals surface area contributed by atoms with Crippen molar-refractivity contribution in [1.29, 1.82) is 0 Å². The normalized spacial score (nSPS) is 26.1. The number of nitrogens with zero attached hydrogens (tertiary/aromatic N) is 3. The van der Waals surface area contributed by atoms with Crippen molar-refractivity contribution >= 4 is 17.8 Å². The molecular weight excluding hydrogens is 348 g/mol. The lowest BCUT2D eigenvalue weighted by molar-refractivity contribution is -0.141. The Morgan fingerprint density at radius 2 is 1.96 bits per heavy atom. The Morgan fingerprint density at radius 3 is 2.59 bits per heavy atom. The highest BCUT2D eigenvalue weighted by Crippen LogP contribution is 2.32. The van der Waals surface area contributed by atoms with Crippen LogP contribution in [-0.2, 0) is 14.3 Å². The fourth-order valence-corrected chi connectivity index (χ4v) is 4.55. The van der Waals surface area contributed by atoms with Gasteiger partial charge in [0.2, 0.25) is 5.91 Å². The van der Waals surface area contributed by atoms with Crippen LogP contribution in [0.2, 0.25) is 0 Å². The molecule has 3 saturated heterocycles. The molecule has 27 heavy (non-hydrogen) atoms. The number of carbonyl (C=O) groups excluding carboxylic acids is 3. The van der Waals surface area contributed by atoms with Gasteiger partial charge in [0.15, 0.2) is 0 Å². The summed E-state index contributed by atoms with van der Waals surface area (Å²) in [5.74, 6) is 0.385. The number of urea groups is 1. The van der Waals surface area contributed by atoms with Gasteiger partial charge in [0.05, 0.1) is 6.04 Å². The molecule has 4 amide bonds. The van der Waals surface area contributed by atoms with Gasteiger partial charge < -0.3 is 19.9 Å². The van der Waals surface area contributed by atoms with Crippen molar-refractivity contribution in [3.05, 3.63) is 0 Å². The van der Waals surface area contributed by atoms with Crippen molar-refractivity contribution in [2.45, 2.75) is 51.1 Å². The second kappa shape index (κ2) is 8.14. The first-order valence-electron chi connectivity index (χ1n) is 10.0. The van der Waals surface area contributed by atoms with Gasteiger partial charge in [0.1, 0.15) is 12.1 Å². The van der Waals surface area contributed by atoms with E-state index in [0.29, 0.717) is 31.8 Å². The monoisotopic (exact) mass is 380 g/mol. The second-order valence-electron chi connectivity index (χ2n) is 8.45. The van der Waals surface area contributed by atoms with Gasteiger partial charge in [-0.05, 0) is 31.6 Å². The highest BCUT2D eigenvalue weighted by Gasteiger charge is 2.54. The Morgan fingerprint density at radius 1 is 1.26 bits per heavy atom. The quantitative estimate of drug-likeness (QED) is 0.709. The van der Waals surface area contributed by atoms with Gasteiger partial charge in [-0.1, -0.05) is 13.8 Å². The summed E-state index contributed by atoms with van der Waals surface area (Å²) in [4.78, 5) is 43.5. The van der Waals surface area contributed by atoms with Crippen molar-refractivity contribution in [2.75, 3.05) is 46.4 Å². The molecular formula is C19H32N4O4. The minimum Gasteiger partial charge on any atom is -0.375 e. The predicted molar refractivity (Wildman–Crippen MR) is 100 cm³/mol. The lowest BCUT2D eigenvalue weighted by Crippen LogP contribution is -2.56. The third-order valence-corrected chi connectivity index (χ3v) is 5.91. The Hall–Kier alpha value is -1.67. The number of amides is 4. The molecule has 1 spiro atoms. The molecule has 8 heteroatoms. The van der Waals surface area contributed by atoms with Crippen molar-refractivity contribution in [3.8, 4) is 0 Å². The van der Waals surface area contributed by atoms with Crippen LogP contribution >= 0.6 is 0 Å². The molecule has 3 aliphatic heterocycles. The minimum absolute atomic E-state index is 0.0302. The number of hydrogen-bond donors (Lipinski definition) is 1. The smallest absolute Gasteiger partial charge is 0.325 e. The third kappa shape index (κ3) is 4.11. The van der Waals surface area contributed by atoms with E-state index in [9.17, 15) is 14.4 Å². The summed E-state index contributed by atoms with van der Waals surface area (Å²) in [6, 6.07) is -0.552. The molecule has 0 radical (unpaired) electrons. The summed E-state index contributed by atoms with van der Waals surface area (Å²) in [6.07, 6.45) is 2.83. The van der Waals surface area contributed by atoms with Crippen LogP contribution in [-0.4, -0.2) is 90.6 Å². The summed E-state index contributed by atoms with van der Waals surface area (Å²) in [7, 11) is 1.49. The zero-order valence-corrected chi connectivity index (χ0v) is 16.7. The number of rotatable bonds is 5. The fraction of sp³-hybridized carbons (Fsp3) is 0.842. The van der Waals surface area contributed by atoms with E-state index in [1.807, 2.05) is 0 Å². The zero-order chi connectivity index (χ0) is 19.6. The standard InChI is InChI=1S/C19H32N4O4/c1-14(2)11-21-9-6-19(7-10-21)17(25)23(18(26)20-19)15-5-4-8-22(12-15)16(24)13-27-3/h14-15H,4-13H2,1-3H3,(H,20,26)/t15-/m0/s1. The van der Waals surface area contributed by atoms with Gasteiger partial charge in [-0.25, -0.2) is 4.79 Å². The molecule has 0 bridgehead atoms. The van der Waals surface area contributed by atoms with Crippen LogP contribution in [0.5, 0.6) is 0 Å². The molecule has 152 valence electrons. The lowest BCUT2D eigenvalue weighted by Gasteiger charge is -2.39. The van der Waals surface area contributed by atoms with Crippen LogP contribution in [0.4, 0.5) is 4.79 Å². The van der Waals surface area contributed by atoms with Gasteiger partial charge in [-0.15, -0.1) is 0 Å². The second-order valence-corrected chi connectivity index (χ2v) is 8.45. The first-order chi connectivity index (χ1) is 12.9. The largest absolute Gasteiger partial charge is 0.375 e. The lowest BCUT2D eigenvalue weighted by atomic mass is 9.86. The van der Waals surface area contributed by atoms with E-state index in [0.717, 1.165) is 32.5 Å². The maximum atomic E-state index is 13.2. The number of carbonyl (C=O) groups is 3. The first kappa shape index (κ1) is 20.1. The average molecular weight is 380 g/mol. The van der Waals surface area contributed by atoms with Crippen molar-refractivity contribution in [1.82, 2.24) is 20.0 Å². The predicted octanol–water partition coefficient (Wildman–Crippen LogP) is 0.666. The Kier molecular flexibility index (Phi) is 6.05. The minimum atomic E-state index is -0.761. The number of ether oxygens (including phenoxy) is 1. The molecule has 0 aromatic rings. The van der Waals surface area contributed by atoms with Gasteiger partial charge >= 0.3 is 6.03 Å². The highest BCUT2D eigenvalue weighted by molar-refractivity contribution is 6.07. The number of methoxy groups -OCH3 is 1. The molecule has 0 aliphatic carbocycles. The third-order valence-electron chi connectivity index (χ3n) is 5.91. The molecule has 8 nitrogen and oxygen atoms in total. The SMILES string of the molecule is COCC(=O)N1CCC[C@H](N2C(=O)NC3(CCN(CC(C)C)CC3)C2=O)C1. The molecule has 3 rings (SSSR count). The van der Waals surface area contributed by atoms with Gasteiger partial charge in [-0.3, -0.25) is 14.5 Å². The van der Waals surface area contributed by atoms with Gasteiger partial charge in [-0.2, -0.15) is 0 Å². The Balaban J connectivity index is 1.65. The molecule has 1 atom stereocenters. The van der Waals surface area contributed by atoms with E-state index >= 15 is 0 Å². The average Bonchev–Trinajstić information content (AvgIpc) is 2.87. The molecule has 3 aliphatic rings. The van der Waals surface area contributed by atoms with Crippen molar-refractivity contribution < 1.29 is 19.1 Å². The van der Waals surface area contributed by atoms with E-state index in [-0.39, 0.29) is 30.5 Å². The van der Waals surface area contributed by atoms with Crippen molar-refractivity contribution in [2.24, 2.45) is 5.92 Å². The number of piperidine rings is 2. The van der Waals surface area contributed by atoms with Crippen LogP contribution in [0.25, 0.3) is 0 Å². The van der Waals surface area contributed by atoms with E-state index in [1.54, 1.807) is 4.90 Å². The summed E-state index contributed by atoms with van der Waals surface area (Å²) in [6.45, 7) is 8.11. The molecule has 0 unspecified atom stereocenters. The summed E-state index contributed by atoms with van der Waals surface area (Å²) >= 11 is 0. The Bertz CT molecular complexity index is 586. The van der Waals surface area contributed by atoms with Crippen LogP contribution in [0, 0.1) is 5.92 Å². The fourth-order valence-electron chi connectivity index (χ4n) is 4.55. The summed E-state index contributed by atoms with van der Waals surface area (Å²) < 4.78 is 4.93. The molecule has 0 saturated carbocycles. The van der Waals surface area contributed by atoms with Crippen molar-refractivity contribution in [3.63, 3.8) is 0 Å². The maximum absolute atomic E-state index is 13.2. The van der Waals surface area contributed by atoms with E-state index < -0.39 is 5.54 Å². The summed E-state index contributed by atoms with van der Waals surface area (Å²) in [5.41, 5.74) is -0.761. The number of nitrogens with one attached hydrogen (secondary N) is 1. The molecule has 3 fully saturated rings. The van der Waals surface area contributed by atoms with E-state index in [4.69, 9.17) is 4.74 Å².